The smallest absolute Gasteiger partial charge is 0.411 e. The second kappa shape index (κ2) is 8.30. The van der Waals surface area contributed by atoms with Crippen LogP contribution in [0.4, 0.5) is 4.79 Å². The summed E-state index contributed by atoms with van der Waals surface area (Å²) in [4.78, 5) is 33.1. The number of rotatable bonds is 0. The van der Waals surface area contributed by atoms with Gasteiger partial charge in [0.25, 0.3) is 0 Å². The Kier molecular flexibility index (Phi) is 5.67. The zero-order chi connectivity index (χ0) is 24.3. The molecule has 0 radical (unpaired) electrons. The molecule has 9 heteroatoms. The van der Waals surface area contributed by atoms with Gasteiger partial charge in [-0.3, -0.25) is 14.4 Å². The van der Waals surface area contributed by atoms with Gasteiger partial charge in [0.2, 0.25) is 0 Å². The van der Waals surface area contributed by atoms with Crippen LogP contribution in [-0.4, -0.2) is 55.8 Å². The number of ether oxygens (including phenoxy) is 2. The normalized spacial score (nSPS) is 26.9. The standard InChI is InChI=1S/C25H29BrN4O4/c1-15-12-33-13-16-5-6-22(26)28-18(16)7-20(31)19-8-25(14-29-11-17(15)10-27-29)9-21(25)30(19)23(32)34-24(2,3)4/h5-6,10-11,19,21H,1,7-9,12-14H2,2-4H3/t19-,21+,25-/m0/s1. The Labute approximate surface area is 207 Å². The fourth-order valence-electron chi connectivity index (χ4n) is 5.11. The number of aromatic nitrogens is 3. The van der Waals surface area contributed by atoms with Crippen LogP contribution in [0.3, 0.4) is 0 Å². The first-order valence-electron chi connectivity index (χ1n) is 11.5. The lowest BCUT2D eigenvalue weighted by atomic mass is 9.94. The van der Waals surface area contributed by atoms with E-state index in [1.54, 1.807) is 11.1 Å². The summed E-state index contributed by atoms with van der Waals surface area (Å²) in [5, 5.41) is 4.53. The Bertz CT molecular complexity index is 1170. The average Bonchev–Trinajstić information content (AvgIpc) is 3.08. The van der Waals surface area contributed by atoms with E-state index in [9.17, 15) is 9.59 Å². The number of Topliss-reactive ketones (excluding diaryl/α,β-unsaturated/α-hetero) is 1. The number of likely N-dealkylation sites (tertiary alicyclic amines) is 1. The summed E-state index contributed by atoms with van der Waals surface area (Å²) in [7, 11) is 0. The molecule has 4 heterocycles. The number of hydrogen-bond acceptors (Lipinski definition) is 6. The van der Waals surface area contributed by atoms with Gasteiger partial charge in [0.15, 0.2) is 5.78 Å². The van der Waals surface area contributed by atoms with Gasteiger partial charge in [-0.2, -0.15) is 5.10 Å². The molecule has 8 nitrogen and oxygen atoms in total. The van der Waals surface area contributed by atoms with Crippen molar-refractivity contribution >= 4 is 33.4 Å². The second-order valence-corrected chi connectivity index (χ2v) is 11.4. The minimum absolute atomic E-state index is 0.0373. The van der Waals surface area contributed by atoms with Gasteiger partial charge in [0.1, 0.15) is 10.2 Å². The summed E-state index contributed by atoms with van der Waals surface area (Å²) in [5.74, 6) is -0.0373. The SMILES string of the molecule is C=C1COCc2ccc(Br)nc2CC(=O)[C@@H]2C[C@]3(C[C@H]3N2C(=O)OC(C)(C)C)Cn2cc1cn2. The maximum absolute atomic E-state index is 13.6. The van der Waals surface area contributed by atoms with Crippen LogP contribution in [0.5, 0.6) is 0 Å². The molecule has 0 aromatic carbocycles. The van der Waals surface area contributed by atoms with Crippen molar-refractivity contribution in [2.75, 3.05) is 6.61 Å². The van der Waals surface area contributed by atoms with Gasteiger partial charge in [-0.15, -0.1) is 0 Å². The minimum atomic E-state index is -0.643. The molecular weight excluding hydrogens is 500 g/mol. The van der Waals surface area contributed by atoms with E-state index in [1.807, 2.05) is 43.8 Å². The molecule has 2 fully saturated rings. The van der Waals surface area contributed by atoms with Gasteiger partial charge in [-0.05, 0) is 66.7 Å². The van der Waals surface area contributed by atoms with Crippen LogP contribution in [0.15, 0.2) is 35.7 Å². The molecule has 0 N–H and O–H groups in total. The maximum Gasteiger partial charge on any atom is 0.411 e. The summed E-state index contributed by atoms with van der Waals surface area (Å²) >= 11 is 3.42. The van der Waals surface area contributed by atoms with Gasteiger partial charge >= 0.3 is 6.09 Å². The molecule has 1 aliphatic carbocycles. The molecule has 5 rings (SSSR count). The molecular formula is C25H29BrN4O4. The first kappa shape index (κ1) is 23.2. The van der Waals surface area contributed by atoms with Crippen LogP contribution < -0.4 is 0 Å². The van der Waals surface area contributed by atoms with E-state index in [4.69, 9.17) is 9.47 Å². The summed E-state index contributed by atoms with van der Waals surface area (Å²) in [6.45, 7) is 11.0. The van der Waals surface area contributed by atoms with Crippen molar-refractivity contribution in [2.24, 2.45) is 5.41 Å². The van der Waals surface area contributed by atoms with Crippen molar-refractivity contribution in [3.63, 3.8) is 0 Å². The van der Waals surface area contributed by atoms with Gasteiger partial charge in [0, 0.05) is 29.8 Å². The third-order valence-corrected chi connectivity index (χ3v) is 7.26. The lowest BCUT2D eigenvalue weighted by molar-refractivity contribution is -0.123. The lowest BCUT2D eigenvalue weighted by Gasteiger charge is -2.30. The van der Waals surface area contributed by atoms with E-state index in [0.29, 0.717) is 36.5 Å². The highest BCUT2D eigenvalue weighted by atomic mass is 79.9. The molecule has 0 unspecified atom stereocenters. The molecule has 2 aromatic heterocycles. The molecule has 2 aromatic rings. The number of halogens is 1. The van der Waals surface area contributed by atoms with Crippen molar-refractivity contribution in [3.8, 4) is 0 Å². The zero-order valence-electron chi connectivity index (χ0n) is 19.7. The largest absolute Gasteiger partial charge is 0.444 e. The summed E-state index contributed by atoms with van der Waals surface area (Å²) in [5.41, 5.74) is 2.43. The van der Waals surface area contributed by atoms with E-state index < -0.39 is 17.7 Å². The number of ketones is 1. The molecule has 1 saturated carbocycles. The summed E-state index contributed by atoms with van der Waals surface area (Å²) in [6.07, 6.45) is 4.87. The Balaban J connectivity index is 1.51. The number of pyridine rings is 1. The predicted molar refractivity (Wildman–Crippen MR) is 129 cm³/mol. The molecule has 3 aliphatic rings. The van der Waals surface area contributed by atoms with Gasteiger partial charge in [-0.1, -0.05) is 12.6 Å². The monoisotopic (exact) mass is 528 g/mol. The van der Waals surface area contributed by atoms with E-state index in [2.05, 4.69) is 32.6 Å². The van der Waals surface area contributed by atoms with Crippen LogP contribution in [0.2, 0.25) is 0 Å². The topological polar surface area (TPSA) is 86.5 Å². The molecule has 1 amide bonds. The van der Waals surface area contributed by atoms with E-state index >= 15 is 0 Å². The molecule has 34 heavy (non-hydrogen) atoms. The number of fused-ring (bicyclic) bond motifs is 4. The van der Waals surface area contributed by atoms with Gasteiger partial charge < -0.3 is 9.47 Å². The Morgan fingerprint density at radius 3 is 2.85 bits per heavy atom. The van der Waals surface area contributed by atoms with Crippen molar-refractivity contribution in [1.29, 1.82) is 0 Å². The molecule has 1 saturated heterocycles. The highest BCUT2D eigenvalue weighted by molar-refractivity contribution is 9.10. The zero-order valence-corrected chi connectivity index (χ0v) is 21.3. The van der Waals surface area contributed by atoms with Crippen LogP contribution in [0, 0.1) is 5.41 Å². The Hall–Kier alpha value is -2.52. The first-order valence-corrected chi connectivity index (χ1v) is 12.3. The molecule has 2 aliphatic heterocycles. The fraction of sp³-hybridized carbons (Fsp3) is 0.520. The molecule has 1 spiro atoms. The van der Waals surface area contributed by atoms with Gasteiger partial charge in [-0.25, -0.2) is 9.78 Å². The van der Waals surface area contributed by atoms with Crippen molar-refractivity contribution in [2.45, 2.75) is 70.9 Å². The summed E-state index contributed by atoms with van der Waals surface area (Å²) < 4.78 is 14.2. The third kappa shape index (κ3) is 4.43. The van der Waals surface area contributed by atoms with Crippen molar-refractivity contribution < 1.29 is 19.1 Å². The fourth-order valence-corrected chi connectivity index (χ4v) is 5.45. The first-order chi connectivity index (χ1) is 16.0. The van der Waals surface area contributed by atoms with E-state index in [-0.39, 0.29) is 23.7 Å². The maximum atomic E-state index is 13.6. The molecule has 4 bridgehead atoms. The van der Waals surface area contributed by atoms with Crippen LogP contribution >= 0.6 is 15.9 Å². The van der Waals surface area contributed by atoms with E-state index in [1.165, 1.54) is 0 Å². The lowest BCUT2D eigenvalue weighted by Crippen LogP contribution is -2.46. The van der Waals surface area contributed by atoms with Crippen molar-refractivity contribution in [3.05, 3.63) is 52.5 Å². The second-order valence-electron chi connectivity index (χ2n) is 10.6. The number of carbonyl (C=O) groups excluding carboxylic acids is 2. The predicted octanol–water partition coefficient (Wildman–Crippen LogP) is 4.16. The molecule has 3 atom stereocenters. The average molecular weight is 529 g/mol. The van der Waals surface area contributed by atoms with Crippen molar-refractivity contribution in [1.82, 2.24) is 19.7 Å². The Morgan fingerprint density at radius 1 is 1.29 bits per heavy atom. The van der Waals surface area contributed by atoms with Gasteiger partial charge in [0.05, 0.1) is 37.6 Å². The molecule has 180 valence electrons. The number of amides is 1. The highest BCUT2D eigenvalue weighted by Crippen LogP contribution is 2.61. The third-order valence-electron chi connectivity index (χ3n) is 6.82. The van der Waals surface area contributed by atoms with Crippen LogP contribution in [0.25, 0.3) is 5.57 Å². The van der Waals surface area contributed by atoms with Crippen LogP contribution in [-0.2, 0) is 33.8 Å². The Morgan fingerprint density at radius 2 is 2.09 bits per heavy atom. The van der Waals surface area contributed by atoms with Crippen LogP contribution in [0.1, 0.15) is 50.4 Å². The van der Waals surface area contributed by atoms with E-state index in [0.717, 1.165) is 23.1 Å². The number of hydrogen-bond donors (Lipinski definition) is 0. The minimum Gasteiger partial charge on any atom is -0.444 e. The number of piperidine rings is 1. The highest BCUT2D eigenvalue weighted by Gasteiger charge is 2.67. The summed E-state index contributed by atoms with van der Waals surface area (Å²) in [6, 6.07) is 3.15. The number of nitrogens with zero attached hydrogens (tertiary/aromatic N) is 4. The number of carbonyl (C=O) groups is 2. The quantitative estimate of drug-likeness (QED) is 0.477.